The molecule has 32 heavy (non-hydrogen) atoms. The summed E-state index contributed by atoms with van der Waals surface area (Å²) in [6.07, 6.45) is -7.10. The average Bonchev–Trinajstić information content (AvgIpc) is 2.74. The van der Waals surface area contributed by atoms with E-state index in [1.165, 1.54) is 25.3 Å². The van der Waals surface area contributed by atoms with Gasteiger partial charge in [-0.05, 0) is 35.4 Å². The van der Waals surface area contributed by atoms with Crippen molar-refractivity contribution in [3.63, 3.8) is 0 Å². The van der Waals surface area contributed by atoms with Gasteiger partial charge in [-0.3, -0.25) is 9.78 Å². The van der Waals surface area contributed by atoms with Crippen LogP contribution >= 0.6 is 11.6 Å². The Hall–Kier alpha value is -3.13. The fourth-order valence-electron chi connectivity index (χ4n) is 3.38. The van der Waals surface area contributed by atoms with E-state index in [0.717, 1.165) is 11.6 Å². The van der Waals surface area contributed by atoms with Crippen LogP contribution in [-0.2, 0) is 16.8 Å². The Morgan fingerprint density at radius 1 is 1.09 bits per heavy atom. The number of hydrogen-bond acceptors (Lipinski definition) is 3. The quantitative estimate of drug-likeness (QED) is 0.440. The van der Waals surface area contributed by atoms with Crippen LogP contribution in [0.2, 0.25) is 5.02 Å². The first-order valence-corrected chi connectivity index (χ1v) is 9.90. The predicted molar refractivity (Wildman–Crippen MR) is 112 cm³/mol. The van der Waals surface area contributed by atoms with Gasteiger partial charge in [0.15, 0.2) is 0 Å². The second-order valence-corrected chi connectivity index (χ2v) is 7.54. The van der Waals surface area contributed by atoms with Gasteiger partial charge in [-0.1, -0.05) is 54.1 Å². The number of pyridine rings is 1. The number of carbonyl (C=O) groups is 1. The minimum absolute atomic E-state index is 0.191. The van der Waals surface area contributed by atoms with Crippen LogP contribution in [-0.4, -0.2) is 23.4 Å². The van der Waals surface area contributed by atoms with Gasteiger partial charge in [0.2, 0.25) is 5.91 Å². The van der Waals surface area contributed by atoms with Gasteiger partial charge in [-0.25, -0.2) is 0 Å². The summed E-state index contributed by atoms with van der Waals surface area (Å²) in [5.41, 5.74) is 0.173. The largest absolute Gasteiger partial charge is 0.461 e. The summed E-state index contributed by atoms with van der Waals surface area (Å²) in [5.74, 6) is -0.897. The third-order valence-electron chi connectivity index (χ3n) is 4.70. The highest BCUT2D eigenvalue weighted by molar-refractivity contribution is 6.30. The molecule has 1 atom stereocenters. The van der Waals surface area contributed by atoms with Gasteiger partial charge in [-0.15, -0.1) is 0 Å². The Labute approximate surface area is 187 Å². The van der Waals surface area contributed by atoms with E-state index in [0.29, 0.717) is 16.3 Å². The molecule has 0 saturated heterocycles. The SMILES string of the molecule is CC(=O)N[C@@](Cc1ccccc1)(c1cccc(OC(F)(F)C(F)F)c1)c1ccc(Cl)cn1. The molecule has 0 radical (unpaired) electrons. The first kappa shape index (κ1) is 23.5. The molecule has 4 nitrogen and oxygen atoms in total. The molecule has 168 valence electrons. The first-order chi connectivity index (χ1) is 15.1. The molecule has 0 aliphatic carbocycles. The molecule has 0 aliphatic rings. The summed E-state index contributed by atoms with van der Waals surface area (Å²) in [5, 5.41) is 3.23. The predicted octanol–water partition coefficient (Wildman–Crippen LogP) is 5.59. The maximum atomic E-state index is 13.5. The van der Waals surface area contributed by atoms with E-state index in [4.69, 9.17) is 11.6 Å². The molecule has 3 aromatic rings. The number of ether oxygens (including phenoxy) is 1. The maximum absolute atomic E-state index is 13.5. The lowest BCUT2D eigenvalue weighted by molar-refractivity contribution is -0.253. The first-order valence-electron chi connectivity index (χ1n) is 9.52. The van der Waals surface area contributed by atoms with Gasteiger partial charge in [0, 0.05) is 19.5 Å². The van der Waals surface area contributed by atoms with Gasteiger partial charge in [0.05, 0.1) is 10.7 Å². The number of nitrogens with zero attached hydrogens (tertiary/aromatic N) is 1. The Kier molecular flexibility index (Phi) is 7.03. The summed E-state index contributed by atoms with van der Waals surface area (Å²) in [6.45, 7) is 1.31. The van der Waals surface area contributed by atoms with E-state index in [1.54, 1.807) is 18.2 Å². The van der Waals surface area contributed by atoms with Gasteiger partial charge in [-0.2, -0.15) is 17.6 Å². The molecule has 1 N–H and O–H groups in total. The van der Waals surface area contributed by atoms with Crippen molar-refractivity contribution in [3.8, 4) is 5.75 Å². The van der Waals surface area contributed by atoms with Crippen molar-refractivity contribution >= 4 is 17.5 Å². The second-order valence-electron chi connectivity index (χ2n) is 7.10. The summed E-state index contributed by atoms with van der Waals surface area (Å²) in [6, 6.07) is 17.6. The van der Waals surface area contributed by atoms with E-state index >= 15 is 0 Å². The van der Waals surface area contributed by atoms with Crippen LogP contribution in [0.4, 0.5) is 17.6 Å². The number of alkyl halides is 4. The maximum Gasteiger partial charge on any atom is 0.461 e. The fraction of sp³-hybridized carbons (Fsp3) is 0.217. The van der Waals surface area contributed by atoms with E-state index in [9.17, 15) is 22.4 Å². The van der Waals surface area contributed by atoms with Crippen molar-refractivity contribution in [3.05, 3.63) is 94.8 Å². The number of benzene rings is 2. The number of rotatable bonds is 8. The monoisotopic (exact) mass is 466 g/mol. The fourth-order valence-corrected chi connectivity index (χ4v) is 3.49. The molecular weight excluding hydrogens is 448 g/mol. The number of halogens is 5. The molecule has 1 heterocycles. The molecule has 1 amide bonds. The zero-order valence-corrected chi connectivity index (χ0v) is 17.6. The van der Waals surface area contributed by atoms with Crippen LogP contribution in [0.15, 0.2) is 72.9 Å². The normalized spacial score (nSPS) is 13.5. The Morgan fingerprint density at radius 3 is 2.41 bits per heavy atom. The van der Waals surface area contributed by atoms with Crippen LogP contribution in [0, 0.1) is 0 Å². The standard InChI is InChI=1S/C23H19ClF4N2O2/c1-15(31)30-22(13-16-6-3-2-4-7-16,20-11-10-18(24)14-29-20)17-8-5-9-19(12-17)32-23(27,28)21(25)26/h2-12,14,21H,13H2,1H3,(H,30,31)/t22-/m0/s1. The minimum Gasteiger partial charge on any atom is -0.428 e. The molecule has 9 heteroatoms. The highest BCUT2D eigenvalue weighted by Crippen LogP contribution is 2.36. The van der Waals surface area contributed by atoms with Crippen molar-refractivity contribution in [2.75, 3.05) is 0 Å². The minimum atomic E-state index is -4.67. The third kappa shape index (κ3) is 5.37. The Balaban J connectivity index is 2.18. The average molecular weight is 467 g/mol. The van der Waals surface area contributed by atoms with Crippen LogP contribution in [0.25, 0.3) is 0 Å². The lowest BCUT2D eigenvalue weighted by Crippen LogP contribution is -2.48. The molecule has 0 unspecified atom stereocenters. The highest BCUT2D eigenvalue weighted by Gasteiger charge is 2.44. The highest BCUT2D eigenvalue weighted by atomic mass is 35.5. The number of aromatic nitrogens is 1. The zero-order valence-electron chi connectivity index (χ0n) is 16.9. The van der Waals surface area contributed by atoms with Crippen molar-refractivity contribution in [2.24, 2.45) is 0 Å². The van der Waals surface area contributed by atoms with Gasteiger partial charge in [0.1, 0.15) is 11.3 Å². The number of hydrogen-bond donors (Lipinski definition) is 1. The number of nitrogens with one attached hydrogen (secondary N) is 1. The third-order valence-corrected chi connectivity index (χ3v) is 4.92. The number of amides is 1. The Morgan fingerprint density at radius 2 is 1.81 bits per heavy atom. The summed E-state index contributed by atoms with van der Waals surface area (Å²) in [4.78, 5) is 16.6. The van der Waals surface area contributed by atoms with Crippen LogP contribution in [0.5, 0.6) is 5.75 Å². The van der Waals surface area contributed by atoms with Gasteiger partial charge < -0.3 is 10.1 Å². The van der Waals surface area contributed by atoms with Crippen LogP contribution in [0.3, 0.4) is 0 Å². The van der Waals surface area contributed by atoms with Crippen molar-refractivity contribution in [2.45, 2.75) is 31.4 Å². The lowest BCUT2D eigenvalue weighted by atomic mass is 9.80. The van der Waals surface area contributed by atoms with E-state index < -0.39 is 29.7 Å². The smallest absolute Gasteiger partial charge is 0.428 e. The molecular formula is C23H19ClF4N2O2. The van der Waals surface area contributed by atoms with E-state index in [1.807, 2.05) is 30.3 Å². The summed E-state index contributed by atoms with van der Waals surface area (Å²) < 4.78 is 56.6. The van der Waals surface area contributed by atoms with E-state index in [2.05, 4.69) is 15.0 Å². The Bertz CT molecular complexity index is 1070. The molecule has 2 aromatic carbocycles. The van der Waals surface area contributed by atoms with Crippen LogP contribution in [0.1, 0.15) is 23.7 Å². The van der Waals surface area contributed by atoms with Crippen LogP contribution < -0.4 is 10.1 Å². The zero-order chi connectivity index (χ0) is 23.4. The molecule has 0 spiro atoms. The molecule has 0 aliphatic heterocycles. The molecule has 0 bridgehead atoms. The summed E-state index contributed by atoms with van der Waals surface area (Å²) >= 11 is 5.98. The molecule has 0 fully saturated rings. The number of carbonyl (C=O) groups excluding carboxylic acids is 1. The lowest BCUT2D eigenvalue weighted by Gasteiger charge is -2.35. The topological polar surface area (TPSA) is 51.2 Å². The second kappa shape index (κ2) is 9.56. The molecule has 3 rings (SSSR count). The van der Waals surface area contributed by atoms with E-state index in [-0.39, 0.29) is 6.42 Å². The molecule has 0 saturated carbocycles. The van der Waals surface area contributed by atoms with Gasteiger partial charge in [0.25, 0.3) is 0 Å². The summed E-state index contributed by atoms with van der Waals surface area (Å²) in [7, 11) is 0. The molecule has 1 aromatic heterocycles. The van der Waals surface area contributed by atoms with Gasteiger partial charge >= 0.3 is 12.5 Å². The van der Waals surface area contributed by atoms with Crippen molar-refractivity contribution < 1.29 is 27.1 Å². The van der Waals surface area contributed by atoms with Crippen molar-refractivity contribution in [1.82, 2.24) is 10.3 Å². The van der Waals surface area contributed by atoms with Crippen molar-refractivity contribution in [1.29, 1.82) is 0 Å².